The summed E-state index contributed by atoms with van der Waals surface area (Å²) >= 11 is 0. The van der Waals surface area contributed by atoms with Crippen molar-refractivity contribution in [1.82, 2.24) is 4.98 Å². The summed E-state index contributed by atoms with van der Waals surface area (Å²) in [6.07, 6.45) is 4.60. The normalized spacial score (nSPS) is 10.3. The van der Waals surface area contributed by atoms with Gasteiger partial charge in [-0.15, -0.1) is 0 Å². The highest BCUT2D eigenvalue weighted by Crippen LogP contribution is 2.03. The fraction of sp³-hybridized carbons (Fsp3) is 0.545. The Kier molecular flexibility index (Phi) is 3.74. The second-order valence-corrected chi connectivity index (χ2v) is 3.50. The van der Waals surface area contributed by atoms with E-state index in [4.69, 9.17) is 0 Å². The van der Waals surface area contributed by atoms with E-state index < -0.39 is 0 Å². The van der Waals surface area contributed by atoms with Crippen LogP contribution >= 0.6 is 0 Å². The van der Waals surface area contributed by atoms with Gasteiger partial charge in [-0.1, -0.05) is 19.8 Å². The third-order valence-electron chi connectivity index (χ3n) is 2.09. The molecule has 0 bridgehead atoms. The molecule has 2 heteroatoms. The number of rotatable bonds is 4. The van der Waals surface area contributed by atoms with E-state index in [0.29, 0.717) is 0 Å². The lowest BCUT2D eigenvalue weighted by atomic mass is 10.1. The first-order valence-corrected chi connectivity index (χ1v) is 4.92. The van der Waals surface area contributed by atoms with Gasteiger partial charge in [0.1, 0.15) is 0 Å². The highest BCUT2D eigenvalue weighted by Gasteiger charge is 1.95. The van der Waals surface area contributed by atoms with Crippen LogP contribution in [0.3, 0.4) is 0 Å². The summed E-state index contributed by atoms with van der Waals surface area (Å²) in [5.74, 6) is 0. The zero-order chi connectivity index (χ0) is 9.68. The van der Waals surface area contributed by atoms with Crippen molar-refractivity contribution >= 4 is 0 Å². The molecule has 0 amide bonds. The van der Waals surface area contributed by atoms with Crippen molar-refractivity contribution < 1.29 is 0 Å². The van der Waals surface area contributed by atoms with Crippen molar-refractivity contribution in [2.75, 3.05) is 0 Å². The van der Waals surface area contributed by atoms with Crippen LogP contribution in [0.4, 0.5) is 0 Å². The van der Waals surface area contributed by atoms with Crippen molar-refractivity contribution in [2.45, 2.75) is 39.5 Å². The second kappa shape index (κ2) is 4.85. The second-order valence-electron chi connectivity index (χ2n) is 3.50. The summed E-state index contributed by atoms with van der Waals surface area (Å²) < 4.78 is 0. The maximum Gasteiger partial charge on any atom is 0.248 e. The molecule has 2 nitrogen and oxygen atoms in total. The molecule has 0 atom stereocenters. The zero-order valence-electron chi connectivity index (χ0n) is 8.39. The van der Waals surface area contributed by atoms with Gasteiger partial charge in [0.15, 0.2) is 0 Å². The van der Waals surface area contributed by atoms with Gasteiger partial charge in [0.25, 0.3) is 0 Å². The van der Waals surface area contributed by atoms with Crippen LogP contribution in [0.25, 0.3) is 0 Å². The molecule has 13 heavy (non-hydrogen) atoms. The fourth-order valence-corrected chi connectivity index (χ4v) is 1.45. The van der Waals surface area contributed by atoms with Gasteiger partial charge in [-0.3, -0.25) is 4.79 Å². The van der Waals surface area contributed by atoms with E-state index in [1.54, 1.807) is 6.07 Å². The first kappa shape index (κ1) is 10.0. The van der Waals surface area contributed by atoms with Crippen LogP contribution < -0.4 is 5.56 Å². The lowest BCUT2D eigenvalue weighted by Gasteiger charge is -2.01. The van der Waals surface area contributed by atoms with Crippen LogP contribution in [0.2, 0.25) is 0 Å². The fourth-order valence-electron chi connectivity index (χ4n) is 1.45. The zero-order valence-corrected chi connectivity index (χ0v) is 8.39. The lowest BCUT2D eigenvalue weighted by Crippen LogP contribution is -2.08. The predicted octanol–water partition coefficient (Wildman–Crippen LogP) is 2.42. The van der Waals surface area contributed by atoms with Crippen LogP contribution in [0.5, 0.6) is 0 Å². The SMILES string of the molecule is CCCCCc1cc(C)cc(=O)[nH]1. The molecule has 0 saturated carbocycles. The molecule has 0 saturated heterocycles. The van der Waals surface area contributed by atoms with Crippen molar-refractivity contribution in [1.29, 1.82) is 0 Å². The topological polar surface area (TPSA) is 32.9 Å². The number of nitrogens with one attached hydrogen (secondary N) is 1. The first-order valence-electron chi connectivity index (χ1n) is 4.92. The monoisotopic (exact) mass is 179 g/mol. The summed E-state index contributed by atoms with van der Waals surface area (Å²) in [5, 5.41) is 0. The Balaban J connectivity index is 2.61. The van der Waals surface area contributed by atoms with Gasteiger partial charge in [-0.05, 0) is 31.4 Å². The van der Waals surface area contributed by atoms with Crippen molar-refractivity contribution in [2.24, 2.45) is 0 Å². The van der Waals surface area contributed by atoms with E-state index in [0.717, 1.165) is 24.1 Å². The standard InChI is InChI=1S/C11H17NO/c1-3-4-5-6-10-7-9(2)8-11(13)12-10/h7-8H,3-6H2,1-2H3,(H,12,13). The first-order chi connectivity index (χ1) is 6.22. The third-order valence-corrected chi connectivity index (χ3v) is 2.09. The summed E-state index contributed by atoms with van der Waals surface area (Å²) in [5.41, 5.74) is 2.14. The Morgan fingerprint density at radius 2 is 2.08 bits per heavy atom. The highest BCUT2D eigenvalue weighted by atomic mass is 16.1. The number of aromatic amines is 1. The van der Waals surface area contributed by atoms with E-state index in [1.165, 1.54) is 12.8 Å². The van der Waals surface area contributed by atoms with Crippen LogP contribution in [-0.2, 0) is 6.42 Å². The molecule has 0 fully saturated rings. The average molecular weight is 179 g/mol. The molecule has 1 aromatic heterocycles. The number of hydrogen-bond acceptors (Lipinski definition) is 1. The summed E-state index contributed by atoms with van der Waals surface area (Å²) in [4.78, 5) is 13.9. The van der Waals surface area contributed by atoms with Gasteiger partial charge >= 0.3 is 0 Å². The molecule has 1 aromatic rings. The molecule has 0 aliphatic carbocycles. The van der Waals surface area contributed by atoms with E-state index in [9.17, 15) is 4.79 Å². The average Bonchev–Trinajstić information content (AvgIpc) is 2.03. The molecular formula is C11H17NO. The molecule has 0 aliphatic heterocycles. The Morgan fingerprint density at radius 3 is 2.69 bits per heavy atom. The largest absolute Gasteiger partial charge is 0.326 e. The van der Waals surface area contributed by atoms with Crippen molar-refractivity contribution in [3.63, 3.8) is 0 Å². The van der Waals surface area contributed by atoms with Crippen LogP contribution in [0, 0.1) is 6.92 Å². The van der Waals surface area contributed by atoms with E-state index in [2.05, 4.69) is 18.0 Å². The van der Waals surface area contributed by atoms with E-state index in [-0.39, 0.29) is 5.56 Å². The Labute approximate surface area is 79.0 Å². The molecule has 1 N–H and O–H groups in total. The molecule has 0 aliphatic rings. The van der Waals surface area contributed by atoms with E-state index >= 15 is 0 Å². The smallest absolute Gasteiger partial charge is 0.248 e. The minimum atomic E-state index is 0.0199. The van der Waals surface area contributed by atoms with Gasteiger partial charge in [0.2, 0.25) is 5.56 Å². The molecule has 0 aromatic carbocycles. The van der Waals surface area contributed by atoms with Crippen LogP contribution in [0.15, 0.2) is 16.9 Å². The Bertz CT molecular complexity index is 314. The number of hydrogen-bond donors (Lipinski definition) is 1. The molecule has 1 heterocycles. The molecule has 0 radical (unpaired) electrons. The van der Waals surface area contributed by atoms with Crippen molar-refractivity contribution in [3.8, 4) is 0 Å². The lowest BCUT2D eigenvalue weighted by molar-refractivity contribution is 0.705. The maximum absolute atomic E-state index is 11.1. The van der Waals surface area contributed by atoms with Gasteiger partial charge in [0.05, 0.1) is 0 Å². The summed E-state index contributed by atoms with van der Waals surface area (Å²) in [7, 11) is 0. The predicted molar refractivity (Wildman–Crippen MR) is 55.0 cm³/mol. The number of unbranched alkanes of at least 4 members (excludes halogenated alkanes) is 2. The molecule has 72 valence electrons. The summed E-state index contributed by atoms with van der Waals surface area (Å²) in [6, 6.07) is 3.68. The Hall–Kier alpha value is -1.05. The Morgan fingerprint density at radius 1 is 1.31 bits per heavy atom. The number of pyridine rings is 1. The number of H-pyrrole nitrogens is 1. The molecular weight excluding hydrogens is 162 g/mol. The minimum Gasteiger partial charge on any atom is -0.326 e. The van der Waals surface area contributed by atoms with Gasteiger partial charge in [-0.25, -0.2) is 0 Å². The van der Waals surface area contributed by atoms with Gasteiger partial charge in [0, 0.05) is 11.8 Å². The quantitative estimate of drug-likeness (QED) is 0.707. The third kappa shape index (κ3) is 3.45. The molecule has 0 unspecified atom stereocenters. The van der Waals surface area contributed by atoms with Crippen LogP contribution in [-0.4, -0.2) is 4.98 Å². The molecule has 0 spiro atoms. The number of aromatic nitrogens is 1. The maximum atomic E-state index is 11.1. The summed E-state index contributed by atoms with van der Waals surface area (Å²) in [6.45, 7) is 4.14. The minimum absolute atomic E-state index is 0.0199. The highest BCUT2D eigenvalue weighted by molar-refractivity contribution is 5.14. The van der Waals surface area contributed by atoms with E-state index in [1.807, 2.05) is 6.92 Å². The van der Waals surface area contributed by atoms with Gasteiger partial charge < -0.3 is 4.98 Å². The van der Waals surface area contributed by atoms with Crippen molar-refractivity contribution in [3.05, 3.63) is 33.7 Å². The molecule has 1 rings (SSSR count). The van der Waals surface area contributed by atoms with Crippen LogP contribution in [0.1, 0.15) is 37.4 Å². The number of aryl methyl sites for hydroxylation is 2. The van der Waals surface area contributed by atoms with Gasteiger partial charge in [-0.2, -0.15) is 0 Å².